The standard InChI is InChI=1S/C18H18N8O2/c19-16-15-17(21-11-20-16)25(12-22-15)7-4-8-28-18(27)14-10-26(24-23-14)9-13-5-2-1-3-6-13/h1-3,5-6,10-12H,4,7-9H2,(H2,19,20,21). The molecule has 0 unspecified atom stereocenters. The molecule has 0 aliphatic heterocycles. The second-order valence-electron chi connectivity index (χ2n) is 6.15. The van der Waals surface area contributed by atoms with Gasteiger partial charge in [-0.15, -0.1) is 5.10 Å². The van der Waals surface area contributed by atoms with E-state index in [2.05, 4.69) is 25.3 Å². The first-order chi connectivity index (χ1) is 13.7. The molecule has 4 rings (SSSR count). The van der Waals surface area contributed by atoms with E-state index in [1.165, 1.54) is 6.33 Å². The fraction of sp³-hybridized carbons (Fsp3) is 0.222. The summed E-state index contributed by atoms with van der Waals surface area (Å²) in [6.45, 7) is 1.37. The van der Waals surface area contributed by atoms with Crippen LogP contribution in [0.5, 0.6) is 0 Å². The Balaban J connectivity index is 1.28. The van der Waals surface area contributed by atoms with E-state index in [9.17, 15) is 4.79 Å². The molecule has 0 amide bonds. The van der Waals surface area contributed by atoms with Crippen LogP contribution in [0.3, 0.4) is 0 Å². The number of imidazole rings is 1. The van der Waals surface area contributed by atoms with Crippen molar-refractivity contribution < 1.29 is 9.53 Å². The number of aryl methyl sites for hydroxylation is 1. The predicted molar refractivity (Wildman–Crippen MR) is 100 cm³/mol. The normalized spacial score (nSPS) is 11.0. The molecule has 0 atom stereocenters. The van der Waals surface area contributed by atoms with Crippen LogP contribution in [0.25, 0.3) is 11.2 Å². The van der Waals surface area contributed by atoms with Gasteiger partial charge in [0.25, 0.3) is 0 Å². The predicted octanol–water partition coefficient (Wildman–Crippen LogP) is 1.30. The van der Waals surface area contributed by atoms with Crippen molar-refractivity contribution in [1.29, 1.82) is 0 Å². The maximum Gasteiger partial charge on any atom is 0.360 e. The smallest absolute Gasteiger partial charge is 0.360 e. The van der Waals surface area contributed by atoms with Crippen LogP contribution >= 0.6 is 0 Å². The SMILES string of the molecule is Nc1ncnc2c1ncn2CCCOC(=O)c1cn(Cc2ccccc2)nn1. The number of ether oxygens (including phenoxy) is 1. The molecule has 28 heavy (non-hydrogen) atoms. The third kappa shape index (κ3) is 3.80. The molecule has 2 N–H and O–H groups in total. The lowest BCUT2D eigenvalue weighted by Gasteiger charge is -2.04. The van der Waals surface area contributed by atoms with E-state index in [0.717, 1.165) is 5.56 Å². The number of carbonyl (C=O) groups is 1. The number of hydrogen-bond donors (Lipinski definition) is 1. The molecule has 4 aromatic rings. The summed E-state index contributed by atoms with van der Waals surface area (Å²) in [7, 11) is 0. The summed E-state index contributed by atoms with van der Waals surface area (Å²) in [6, 6.07) is 9.81. The summed E-state index contributed by atoms with van der Waals surface area (Å²) in [5.74, 6) is -0.157. The lowest BCUT2D eigenvalue weighted by Crippen LogP contribution is -2.09. The molecule has 3 heterocycles. The summed E-state index contributed by atoms with van der Waals surface area (Å²) in [5.41, 5.74) is 8.25. The van der Waals surface area contributed by atoms with Crippen LogP contribution in [-0.4, -0.2) is 47.1 Å². The Kier molecular flexibility index (Phi) is 4.91. The Labute approximate surface area is 160 Å². The number of rotatable bonds is 7. The molecular formula is C18H18N8O2. The summed E-state index contributed by atoms with van der Waals surface area (Å²) < 4.78 is 8.73. The van der Waals surface area contributed by atoms with E-state index in [1.54, 1.807) is 17.2 Å². The Morgan fingerprint density at radius 3 is 2.86 bits per heavy atom. The van der Waals surface area contributed by atoms with E-state index < -0.39 is 5.97 Å². The van der Waals surface area contributed by atoms with Gasteiger partial charge in [0.1, 0.15) is 11.8 Å². The van der Waals surface area contributed by atoms with Crippen LogP contribution in [-0.2, 0) is 17.8 Å². The molecule has 0 spiro atoms. The van der Waals surface area contributed by atoms with Crippen molar-refractivity contribution in [2.24, 2.45) is 0 Å². The van der Waals surface area contributed by atoms with Crippen molar-refractivity contribution in [2.45, 2.75) is 19.5 Å². The molecule has 0 saturated carbocycles. The van der Waals surface area contributed by atoms with Crippen LogP contribution in [0.4, 0.5) is 5.82 Å². The maximum absolute atomic E-state index is 12.1. The van der Waals surface area contributed by atoms with Crippen LogP contribution in [0, 0.1) is 0 Å². The summed E-state index contributed by atoms with van der Waals surface area (Å²) in [6.07, 6.45) is 5.22. The average Bonchev–Trinajstić information content (AvgIpc) is 3.34. The van der Waals surface area contributed by atoms with Gasteiger partial charge < -0.3 is 15.0 Å². The third-order valence-corrected chi connectivity index (χ3v) is 4.14. The lowest BCUT2D eigenvalue weighted by atomic mass is 10.2. The topological polar surface area (TPSA) is 127 Å². The first kappa shape index (κ1) is 17.6. The van der Waals surface area contributed by atoms with Gasteiger partial charge in [-0.25, -0.2) is 24.4 Å². The number of hydrogen-bond acceptors (Lipinski definition) is 8. The van der Waals surface area contributed by atoms with E-state index >= 15 is 0 Å². The van der Waals surface area contributed by atoms with Crippen molar-refractivity contribution in [1.82, 2.24) is 34.5 Å². The molecule has 142 valence electrons. The van der Waals surface area contributed by atoms with Crippen molar-refractivity contribution in [3.8, 4) is 0 Å². The Hall–Kier alpha value is -3.82. The molecular weight excluding hydrogens is 360 g/mol. The quantitative estimate of drug-likeness (QED) is 0.376. The molecule has 1 aromatic carbocycles. The van der Waals surface area contributed by atoms with Crippen LogP contribution < -0.4 is 5.73 Å². The second-order valence-corrected chi connectivity index (χ2v) is 6.15. The van der Waals surface area contributed by atoms with Gasteiger partial charge in [-0.3, -0.25) is 0 Å². The van der Waals surface area contributed by atoms with E-state index in [1.807, 2.05) is 34.9 Å². The van der Waals surface area contributed by atoms with Crippen molar-refractivity contribution in [3.05, 3.63) is 60.4 Å². The number of aromatic nitrogens is 7. The van der Waals surface area contributed by atoms with Gasteiger partial charge in [0, 0.05) is 6.54 Å². The number of esters is 1. The largest absolute Gasteiger partial charge is 0.461 e. The molecule has 0 fully saturated rings. The molecule has 0 radical (unpaired) electrons. The first-order valence-electron chi connectivity index (χ1n) is 8.73. The summed E-state index contributed by atoms with van der Waals surface area (Å²) in [5, 5.41) is 7.86. The van der Waals surface area contributed by atoms with Gasteiger partial charge in [-0.1, -0.05) is 35.5 Å². The van der Waals surface area contributed by atoms with Gasteiger partial charge >= 0.3 is 5.97 Å². The minimum atomic E-state index is -0.499. The number of benzene rings is 1. The third-order valence-electron chi connectivity index (χ3n) is 4.14. The fourth-order valence-corrected chi connectivity index (χ4v) is 2.78. The molecule has 3 aromatic heterocycles. The van der Waals surface area contributed by atoms with Crippen LogP contribution in [0.15, 0.2) is 49.2 Å². The number of nitrogen functional groups attached to an aromatic ring is 1. The number of nitrogens with zero attached hydrogens (tertiary/aromatic N) is 7. The number of nitrogens with two attached hydrogens (primary N) is 1. The molecule has 10 nitrogen and oxygen atoms in total. The highest BCUT2D eigenvalue weighted by atomic mass is 16.5. The monoisotopic (exact) mass is 378 g/mol. The van der Waals surface area contributed by atoms with Crippen molar-refractivity contribution in [3.63, 3.8) is 0 Å². The highest BCUT2D eigenvalue weighted by Gasteiger charge is 2.13. The zero-order valence-electron chi connectivity index (χ0n) is 15.0. The highest BCUT2D eigenvalue weighted by molar-refractivity contribution is 5.86. The average molecular weight is 378 g/mol. The maximum atomic E-state index is 12.1. The number of anilines is 1. The van der Waals surface area contributed by atoms with Crippen molar-refractivity contribution in [2.75, 3.05) is 12.3 Å². The van der Waals surface area contributed by atoms with Crippen molar-refractivity contribution >= 4 is 23.0 Å². The number of fused-ring (bicyclic) bond motifs is 1. The highest BCUT2D eigenvalue weighted by Crippen LogP contribution is 2.14. The summed E-state index contributed by atoms with van der Waals surface area (Å²) in [4.78, 5) is 24.4. The molecule has 0 aliphatic carbocycles. The Bertz CT molecular complexity index is 1090. The minimum Gasteiger partial charge on any atom is -0.461 e. The van der Waals surface area contributed by atoms with Gasteiger partial charge in [-0.05, 0) is 12.0 Å². The van der Waals surface area contributed by atoms with Crippen LogP contribution in [0.1, 0.15) is 22.5 Å². The summed E-state index contributed by atoms with van der Waals surface area (Å²) >= 11 is 0. The first-order valence-corrected chi connectivity index (χ1v) is 8.73. The molecule has 10 heteroatoms. The molecule has 0 saturated heterocycles. The van der Waals surface area contributed by atoms with Crippen LogP contribution in [0.2, 0.25) is 0 Å². The zero-order valence-corrected chi connectivity index (χ0v) is 15.0. The molecule has 0 bridgehead atoms. The Morgan fingerprint density at radius 1 is 1.14 bits per heavy atom. The number of carbonyl (C=O) groups excluding carboxylic acids is 1. The minimum absolute atomic E-state index is 0.185. The van der Waals surface area contributed by atoms with Gasteiger partial charge in [0.2, 0.25) is 0 Å². The second kappa shape index (κ2) is 7.82. The Morgan fingerprint density at radius 2 is 2.00 bits per heavy atom. The van der Waals surface area contributed by atoms with E-state index in [0.29, 0.717) is 36.5 Å². The van der Waals surface area contributed by atoms with Gasteiger partial charge in [0.15, 0.2) is 17.2 Å². The fourth-order valence-electron chi connectivity index (χ4n) is 2.78. The lowest BCUT2D eigenvalue weighted by molar-refractivity contribution is 0.0489. The van der Waals surface area contributed by atoms with Gasteiger partial charge in [-0.2, -0.15) is 0 Å². The van der Waals surface area contributed by atoms with Gasteiger partial charge in [0.05, 0.1) is 25.7 Å². The van der Waals surface area contributed by atoms with E-state index in [-0.39, 0.29) is 12.3 Å². The molecule has 0 aliphatic rings. The zero-order chi connectivity index (χ0) is 19.3. The van der Waals surface area contributed by atoms with E-state index in [4.69, 9.17) is 10.5 Å².